The van der Waals surface area contributed by atoms with Gasteiger partial charge in [0.25, 0.3) is 0 Å². The van der Waals surface area contributed by atoms with Crippen molar-refractivity contribution in [1.82, 2.24) is 15.1 Å². The van der Waals surface area contributed by atoms with Crippen LogP contribution >= 0.6 is 0 Å². The molecule has 0 radical (unpaired) electrons. The van der Waals surface area contributed by atoms with Gasteiger partial charge < -0.3 is 19.7 Å². The van der Waals surface area contributed by atoms with Crippen molar-refractivity contribution in [2.45, 2.75) is 19.1 Å². The van der Waals surface area contributed by atoms with E-state index in [1.807, 2.05) is 12.1 Å². The molecule has 0 unspecified atom stereocenters. The topological polar surface area (TPSA) is 54.0 Å². The van der Waals surface area contributed by atoms with Crippen LogP contribution < -0.4 is 10.1 Å². The maximum Gasteiger partial charge on any atom is 0.316 e. The Morgan fingerprint density at radius 3 is 2.80 bits per heavy atom. The van der Waals surface area contributed by atoms with E-state index in [1.54, 1.807) is 26.1 Å². The van der Waals surface area contributed by atoms with Crippen molar-refractivity contribution in [1.29, 1.82) is 0 Å². The van der Waals surface area contributed by atoms with Crippen LogP contribution in [0.15, 0.2) is 24.3 Å². The number of hydrogen-bond acceptors (Lipinski definition) is 4. The summed E-state index contributed by atoms with van der Waals surface area (Å²) in [7, 11) is 5.20. The van der Waals surface area contributed by atoms with Crippen molar-refractivity contribution in [3.63, 3.8) is 0 Å². The molecule has 2 aliphatic rings. The highest BCUT2D eigenvalue weighted by Gasteiger charge is 2.40. The molecule has 0 aliphatic carbocycles. The lowest BCUT2D eigenvalue weighted by atomic mass is 9.84. The lowest BCUT2D eigenvalue weighted by Gasteiger charge is -2.35. The number of urea groups is 1. The molecule has 2 amide bonds. The van der Waals surface area contributed by atoms with Gasteiger partial charge >= 0.3 is 6.03 Å². The summed E-state index contributed by atoms with van der Waals surface area (Å²) in [5, 5.41) is 2.96. The molecule has 1 aromatic rings. The SMILES string of the molecule is COc1ccc(CN2CC[C@H]3[C@H](CO[C@H]3CNC(=O)N(C)C)C2)cc1. The monoisotopic (exact) mass is 347 g/mol. The first-order valence-electron chi connectivity index (χ1n) is 8.99. The molecule has 3 atom stereocenters. The van der Waals surface area contributed by atoms with Crippen LogP contribution in [0.2, 0.25) is 0 Å². The number of fused-ring (bicyclic) bond motifs is 1. The molecule has 2 aliphatic heterocycles. The third kappa shape index (κ3) is 4.44. The van der Waals surface area contributed by atoms with Gasteiger partial charge in [-0.2, -0.15) is 0 Å². The fraction of sp³-hybridized carbons (Fsp3) is 0.632. The predicted octanol–water partition coefficient (Wildman–Crippen LogP) is 1.80. The first kappa shape index (κ1) is 18.0. The number of amides is 2. The summed E-state index contributed by atoms with van der Waals surface area (Å²) >= 11 is 0. The number of rotatable bonds is 5. The molecular formula is C19H29N3O3. The van der Waals surface area contributed by atoms with Gasteiger partial charge in [-0.1, -0.05) is 12.1 Å². The third-order valence-corrected chi connectivity index (χ3v) is 5.30. The molecule has 0 aromatic heterocycles. The lowest BCUT2D eigenvalue weighted by molar-refractivity contribution is 0.0846. The second kappa shape index (κ2) is 8.06. The van der Waals surface area contributed by atoms with E-state index in [0.717, 1.165) is 38.4 Å². The first-order valence-corrected chi connectivity index (χ1v) is 8.99. The maximum absolute atomic E-state index is 11.7. The molecular weight excluding hydrogens is 318 g/mol. The first-order chi connectivity index (χ1) is 12.1. The zero-order chi connectivity index (χ0) is 17.8. The Hall–Kier alpha value is -1.79. The van der Waals surface area contributed by atoms with Crippen molar-refractivity contribution in [3.8, 4) is 5.75 Å². The molecule has 3 rings (SSSR count). The van der Waals surface area contributed by atoms with Gasteiger partial charge in [-0.3, -0.25) is 4.90 Å². The van der Waals surface area contributed by atoms with Crippen molar-refractivity contribution < 1.29 is 14.3 Å². The largest absolute Gasteiger partial charge is 0.497 e. The zero-order valence-electron chi connectivity index (χ0n) is 15.4. The number of hydrogen-bond donors (Lipinski definition) is 1. The van der Waals surface area contributed by atoms with Gasteiger partial charge in [0.15, 0.2) is 0 Å². The Morgan fingerprint density at radius 2 is 2.12 bits per heavy atom. The van der Waals surface area contributed by atoms with Gasteiger partial charge in [0.05, 0.1) is 19.8 Å². The fourth-order valence-corrected chi connectivity index (χ4v) is 3.85. The van der Waals surface area contributed by atoms with E-state index in [4.69, 9.17) is 9.47 Å². The molecule has 6 heteroatoms. The molecule has 1 aromatic carbocycles. The Morgan fingerprint density at radius 1 is 1.36 bits per heavy atom. The van der Waals surface area contributed by atoms with E-state index < -0.39 is 0 Å². The van der Waals surface area contributed by atoms with Gasteiger partial charge in [-0.25, -0.2) is 4.79 Å². The van der Waals surface area contributed by atoms with Gasteiger partial charge in [-0.05, 0) is 36.6 Å². The highest BCUT2D eigenvalue weighted by atomic mass is 16.5. The van der Waals surface area contributed by atoms with E-state index >= 15 is 0 Å². The van der Waals surface area contributed by atoms with E-state index in [0.29, 0.717) is 18.4 Å². The van der Waals surface area contributed by atoms with Gasteiger partial charge in [-0.15, -0.1) is 0 Å². The van der Waals surface area contributed by atoms with Crippen molar-refractivity contribution >= 4 is 6.03 Å². The second-order valence-electron chi connectivity index (χ2n) is 7.25. The van der Waals surface area contributed by atoms with Crippen LogP contribution in [0.25, 0.3) is 0 Å². The van der Waals surface area contributed by atoms with Gasteiger partial charge in [0, 0.05) is 39.6 Å². The standard InChI is InChI=1S/C19H29N3O3/c1-21(2)19(23)20-10-18-17-8-9-22(12-15(17)13-25-18)11-14-4-6-16(24-3)7-5-14/h4-7,15,17-18H,8-13H2,1-3H3,(H,20,23)/t15-,17-,18-/m0/s1. The van der Waals surface area contributed by atoms with Crippen LogP contribution in [-0.4, -0.2) is 69.4 Å². The minimum atomic E-state index is -0.0519. The molecule has 2 heterocycles. The molecule has 0 bridgehead atoms. The van der Waals surface area contributed by atoms with Gasteiger partial charge in [0.1, 0.15) is 5.75 Å². The average Bonchev–Trinajstić information content (AvgIpc) is 3.02. The average molecular weight is 347 g/mol. The number of carbonyl (C=O) groups excluding carboxylic acids is 1. The summed E-state index contributed by atoms with van der Waals surface area (Å²) in [5.74, 6) is 2.01. The number of ether oxygens (including phenoxy) is 2. The molecule has 2 fully saturated rings. The summed E-state index contributed by atoms with van der Waals surface area (Å²) < 4.78 is 11.2. The van der Waals surface area contributed by atoms with Crippen LogP contribution in [0.4, 0.5) is 4.79 Å². The van der Waals surface area contributed by atoms with Crippen LogP contribution in [0.5, 0.6) is 5.75 Å². The summed E-state index contributed by atoms with van der Waals surface area (Å²) in [6, 6.07) is 8.25. The van der Waals surface area contributed by atoms with E-state index in [-0.39, 0.29) is 12.1 Å². The summed E-state index contributed by atoms with van der Waals surface area (Å²) in [4.78, 5) is 15.8. The van der Waals surface area contributed by atoms with Crippen molar-refractivity contribution in [2.75, 3.05) is 47.4 Å². The van der Waals surface area contributed by atoms with E-state index in [2.05, 4.69) is 22.3 Å². The van der Waals surface area contributed by atoms with Gasteiger partial charge in [0.2, 0.25) is 0 Å². The van der Waals surface area contributed by atoms with E-state index in [1.165, 1.54) is 5.56 Å². The van der Waals surface area contributed by atoms with Crippen LogP contribution in [0.3, 0.4) is 0 Å². The smallest absolute Gasteiger partial charge is 0.316 e. The minimum absolute atomic E-state index is 0.0519. The number of benzene rings is 1. The summed E-state index contributed by atoms with van der Waals surface area (Å²) in [6.45, 7) is 4.52. The number of nitrogens with zero attached hydrogens (tertiary/aromatic N) is 2. The molecule has 0 spiro atoms. The molecule has 138 valence electrons. The maximum atomic E-state index is 11.7. The van der Waals surface area contributed by atoms with E-state index in [9.17, 15) is 4.79 Å². The second-order valence-corrected chi connectivity index (χ2v) is 7.25. The Labute approximate surface area is 150 Å². The van der Waals surface area contributed by atoms with Crippen molar-refractivity contribution in [3.05, 3.63) is 29.8 Å². The number of carbonyl (C=O) groups is 1. The highest BCUT2D eigenvalue weighted by molar-refractivity contribution is 5.73. The lowest BCUT2D eigenvalue weighted by Crippen LogP contribution is -2.45. The molecule has 25 heavy (non-hydrogen) atoms. The highest BCUT2D eigenvalue weighted by Crippen LogP contribution is 2.34. The normalized spacial score (nSPS) is 26.1. The molecule has 2 saturated heterocycles. The zero-order valence-corrected chi connectivity index (χ0v) is 15.4. The molecule has 1 N–H and O–H groups in total. The number of nitrogens with one attached hydrogen (secondary N) is 1. The fourth-order valence-electron chi connectivity index (χ4n) is 3.85. The van der Waals surface area contributed by atoms with Crippen LogP contribution in [-0.2, 0) is 11.3 Å². The Kier molecular flexibility index (Phi) is 5.81. The number of methoxy groups -OCH3 is 1. The van der Waals surface area contributed by atoms with Crippen LogP contribution in [0, 0.1) is 11.8 Å². The Balaban J connectivity index is 1.48. The molecule has 6 nitrogen and oxygen atoms in total. The minimum Gasteiger partial charge on any atom is -0.497 e. The summed E-state index contributed by atoms with van der Waals surface area (Å²) in [5.41, 5.74) is 1.31. The van der Waals surface area contributed by atoms with Crippen molar-refractivity contribution in [2.24, 2.45) is 11.8 Å². The molecule has 0 saturated carbocycles. The predicted molar refractivity (Wildman–Crippen MR) is 96.7 cm³/mol. The van der Waals surface area contributed by atoms with Crippen LogP contribution in [0.1, 0.15) is 12.0 Å². The number of piperidine rings is 1. The summed E-state index contributed by atoms with van der Waals surface area (Å²) in [6.07, 6.45) is 1.28. The third-order valence-electron chi connectivity index (χ3n) is 5.30. The quantitative estimate of drug-likeness (QED) is 0.883. The Bertz CT molecular complexity index is 576. The number of likely N-dealkylation sites (tertiary alicyclic amines) is 1.